The summed E-state index contributed by atoms with van der Waals surface area (Å²) in [5, 5.41) is 3.22. The maximum absolute atomic E-state index is 11.8. The molecular formula is C12H21Cl2N3OS. The average Bonchev–Trinajstić information content (AvgIpc) is 3.04. The molecule has 0 spiro atoms. The van der Waals surface area contributed by atoms with Gasteiger partial charge in [-0.25, -0.2) is 4.98 Å². The van der Waals surface area contributed by atoms with Crippen molar-refractivity contribution in [2.24, 2.45) is 5.92 Å². The summed E-state index contributed by atoms with van der Waals surface area (Å²) < 4.78 is 0. The minimum atomic E-state index is 0. The average molecular weight is 326 g/mol. The molecule has 0 atom stereocenters. The van der Waals surface area contributed by atoms with Crippen LogP contribution in [0.25, 0.3) is 0 Å². The molecule has 4 nitrogen and oxygen atoms in total. The van der Waals surface area contributed by atoms with Crippen LogP contribution in [-0.2, 0) is 11.3 Å². The van der Waals surface area contributed by atoms with E-state index in [1.165, 1.54) is 17.7 Å². The normalized spacial score (nSPS) is 13.4. The first-order valence-corrected chi connectivity index (χ1v) is 6.88. The first-order valence-electron chi connectivity index (χ1n) is 6.00. The van der Waals surface area contributed by atoms with Crippen LogP contribution in [0.1, 0.15) is 23.4 Å². The lowest BCUT2D eigenvalue weighted by Gasteiger charge is -2.16. The molecule has 1 saturated carbocycles. The number of halogens is 2. The van der Waals surface area contributed by atoms with Crippen molar-refractivity contribution >= 4 is 42.1 Å². The SMILES string of the molecule is Cc1ncsc1CN(C)C(=O)CNCC1CC1.Cl.Cl. The van der Waals surface area contributed by atoms with Crippen LogP contribution in [0, 0.1) is 12.8 Å². The third-order valence-corrected chi connectivity index (χ3v) is 3.98. The highest BCUT2D eigenvalue weighted by Crippen LogP contribution is 2.27. The predicted molar refractivity (Wildman–Crippen MR) is 83.4 cm³/mol. The summed E-state index contributed by atoms with van der Waals surface area (Å²) in [5.41, 5.74) is 2.86. The second kappa shape index (κ2) is 8.74. The van der Waals surface area contributed by atoms with E-state index in [-0.39, 0.29) is 30.7 Å². The molecular weight excluding hydrogens is 305 g/mol. The quantitative estimate of drug-likeness (QED) is 0.872. The van der Waals surface area contributed by atoms with Crippen LogP contribution in [0.15, 0.2) is 5.51 Å². The van der Waals surface area contributed by atoms with Crippen LogP contribution in [0.3, 0.4) is 0 Å². The van der Waals surface area contributed by atoms with E-state index in [0.717, 1.165) is 18.2 Å². The lowest BCUT2D eigenvalue weighted by molar-refractivity contribution is -0.129. The van der Waals surface area contributed by atoms with Gasteiger partial charge < -0.3 is 10.2 Å². The van der Waals surface area contributed by atoms with Gasteiger partial charge in [0, 0.05) is 11.9 Å². The molecule has 110 valence electrons. The molecule has 1 fully saturated rings. The Morgan fingerprint density at radius 3 is 2.74 bits per heavy atom. The van der Waals surface area contributed by atoms with Gasteiger partial charge in [-0.2, -0.15) is 0 Å². The van der Waals surface area contributed by atoms with Gasteiger partial charge in [-0.3, -0.25) is 4.79 Å². The Kier molecular flexibility index (Phi) is 8.57. The fourth-order valence-corrected chi connectivity index (χ4v) is 2.45. The zero-order chi connectivity index (χ0) is 12.3. The molecule has 19 heavy (non-hydrogen) atoms. The lowest BCUT2D eigenvalue weighted by Crippen LogP contribution is -2.35. The maximum Gasteiger partial charge on any atom is 0.236 e. The topological polar surface area (TPSA) is 45.2 Å². The van der Waals surface area contributed by atoms with Crippen LogP contribution in [0.5, 0.6) is 0 Å². The third kappa shape index (κ3) is 6.08. The number of carbonyl (C=O) groups is 1. The fourth-order valence-electron chi connectivity index (χ4n) is 1.62. The Morgan fingerprint density at radius 1 is 1.53 bits per heavy atom. The number of carbonyl (C=O) groups excluding carboxylic acids is 1. The van der Waals surface area contributed by atoms with Crippen molar-refractivity contribution < 1.29 is 4.79 Å². The number of aromatic nitrogens is 1. The molecule has 0 aromatic carbocycles. The molecule has 1 amide bonds. The molecule has 0 aliphatic heterocycles. The molecule has 1 heterocycles. The summed E-state index contributed by atoms with van der Waals surface area (Å²) in [6, 6.07) is 0. The van der Waals surface area contributed by atoms with E-state index in [2.05, 4.69) is 10.3 Å². The number of nitrogens with zero attached hydrogens (tertiary/aromatic N) is 2. The molecule has 0 radical (unpaired) electrons. The standard InChI is InChI=1S/C12H19N3OS.2ClH/c1-9-11(17-8-14-9)7-15(2)12(16)6-13-5-10-3-4-10;;/h8,10,13H,3-7H2,1-2H3;2*1H. The van der Waals surface area contributed by atoms with E-state index in [9.17, 15) is 4.79 Å². The molecule has 0 unspecified atom stereocenters. The van der Waals surface area contributed by atoms with Gasteiger partial charge in [0.15, 0.2) is 0 Å². The van der Waals surface area contributed by atoms with Crippen molar-refractivity contribution in [1.82, 2.24) is 15.2 Å². The largest absolute Gasteiger partial charge is 0.339 e. The summed E-state index contributed by atoms with van der Waals surface area (Å²) in [6.07, 6.45) is 2.63. The van der Waals surface area contributed by atoms with Gasteiger partial charge >= 0.3 is 0 Å². The van der Waals surface area contributed by atoms with Gasteiger partial charge in [-0.1, -0.05) is 0 Å². The summed E-state index contributed by atoms with van der Waals surface area (Å²) >= 11 is 1.61. The number of hydrogen-bond donors (Lipinski definition) is 1. The summed E-state index contributed by atoms with van der Waals surface area (Å²) in [6.45, 7) is 4.08. The minimum absolute atomic E-state index is 0. The Hall–Kier alpha value is -0.360. The summed E-state index contributed by atoms with van der Waals surface area (Å²) in [4.78, 5) is 19.0. The number of thiazole rings is 1. The van der Waals surface area contributed by atoms with E-state index in [0.29, 0.717) is 13.1 Å². The fraction of sp³-hybridized carbons (Fsp3) is 0.667. The molecule has 2 rings (SSSR count). The van der Waals surface area contributed by atoms with Crippen LogP contribution in [0.2, 0.25) is 0 Å². The number of amides is 1. The molecule has 1 aromatic rings. The lowest BCUT2D eigenvalue weighted by atomic mass is 10.3. The number of rotatable bonds is 6. The molecule has 1 aliphatic rings. The molecule has 7 heteroatoms. The van der Waals surface area contributed by atoms with Gasteiger partial charge in [-0.05, 0) is 32.2 Å². The highest BCUT2D eigenvalue weighted by Gasteiger charge is 2.21. The monoisotopic (exact) mass is 325 g/mol. The maximum atomic E-state index is 11.8. The highest BCUT2D eigenvalue weighted by atomic mass is 35.5. The van der Waals surface area contributed by atoms with Crippen LogP contribution in [0.4, 0.5) is 0 Å². The number of nitrogens with one attached hydrogen (secondary N) is 1. The summed E-state index contributed by atoms with van der Waals surface area (Å²) in [5.74, 6) is 0.968. The second-order valence-electron chi connectivity index (χ2n) is 4.69. The van der Waals surface area contributed by atoms with E-state index >= 15 is 0 Å². The van der Waals surface area contributed by atoms with Crippen molar-refractivity contribution in [3.63, 3.8) is 0 Å². The van der Waals surface area contributed by atoms with Gasteiger partial charge in [0.25, 0.3) is 0 Å². The van der Waals surface area contributed by atoms with Gasteiger partial charge in [0.05, 0.1) is 24.3 Å². The minimum Gasteiger partial charge on any atom is -0.339 e. The summed E-state index contributed by atoms with van der Waals surface area (Å²) in [7, 11) is 1.85. The van der Waals surface area contributed by atoms with E-state index < -0.39 is 0 Å². The molecule has 0 saturated heterocycles. The van der Waals surface area contributed by atoms with E-state index in [1.54, 1.807) is 16.2 Å². The Morgan fingerprint density at radius 2 is 2.21 bits per heavy atom. The van der Waals surface area contributed by atoms with Crippen molar-refractivity contribution in [2.45, 2.75) is 26.3 Å². The Balaban J connectivity index is 0.00000162. The van der Waals surface area contributed by atoms with Crippen molar-refractivity contribution in [3.8, 4) is 0 Å². The predicted octanol–water partition coefficient (Wildman–Crippen LogP) is 2.25. The number of aryl methyl sites for hydroxylation is 1. The van der Waals surface area contributed by atoms with Gasteiger partial charge in [0.2, 0.25) is 5.91 Å². The Labute approximate surface area is 130 Å². The van der Waals surface area contributed by atoms with Crippen LogP contribution < -0.4 is 5.32 Å². The number of likely N-dealkylation sites (N-methyl/N-ethyl adjacent to an activating group) is 1. The molecule has 1 aromatic heterocycles. The molecule has 1 N–H and O–H groups in total. The highest BCUT2D eigenvalue weighted by molar-refractivity contribution is 7.09. The number of hydrogen-bond acceptors (Lipinski definition) is 4. The van der Waals surface area contributed by atoms with Crippen molar-refractivity contribution in [3.05, 3.63) is 16.1 Å². The zero-order valence-corrected chi connectivity index (χ0v) is 13.7. The van der Waals surface area contributed by atoms with E-state index in [4.69, 9.17) is 0 Å². The molecule has 1 aliphatic carbocycles. The zero-order valence-electron chi connectivity index (χ0n) is 11.2. The second-order valence-corrected chi connectivity index (χ2v) is 5.62. The Bertz CT molecular complexity index is 396. The van der Waals surface area contributed by atoms with Crippen LogP contribution >= 0.6 is 36.2 Å². The smallest absolute Gasteiger partial charge is 0.236 e. The van der Waals surface area contributed by atoms with E-state index in [1.807, 2.05) is 19.5 Å². The first kappa shape index (κ1) is 18.6. The van der Waals surface area contributed by atoms with Crippen molar-refractivity contribution in [2.75, 3.05) is 20.1 Å². The van der Waals surface area contributed by atoms with Gasteiger partial charge in [-0.15, -0.1) is 36.2 Å². The van der Waals surface area contributed by atoms with Crippen molar-refractivity contribution in [1.29, 1.82) is 0 Å². The van der Waals surface area contributed by atoms with Gasteiger partial charge in [0.1, 0.15) is 0 Å². The third-order valence-electron chi connectivity index (χ3n) is 3.06. The van der Waals surface area contributed by atoms with Crippen LogP contribution in [-0.4, -0.2) is 35.9 Å². The molecule has 0 bridgehead atoms. The first-order chi connectivity index (χ1) is 8.16.